The molecule has 3 heteroatoms. The normalized spacial score (nSPS) is 12.0. The number of hydrogen-bond acceptors (Lipinski definition) is 1. The average molecular weight is 591 g/mol. The number of hydrogen-bond donors (Lipinski definition) is 0. The minimum atomic E-state index is 1.17. The van der Waals surface area contributed by atoms with E-state index < -0.39 is 0 Å². The van der Waals surface area contributed by atoms with Gasteiger partial charge in [0.2, 0.25) is 0 Å². The number of aromatic nitrogens is 2. The van der Waals surface area contributed by atoms with E-state index in [0.29, 0.717) is 0 Å². The third-order valence-corrected chi connectivity index (χ3v) is 10.4. The van der Waals surface area contributed by atoms with Crippen LogP contribution in [0, 0.1) is 0 Å². The predicted molar refractivity (Wildman–Crippen MR) is 193 cm³/mol. The smallest absolute Gasteiger partial charge is 0.0640 e. The molecule has 0 N–H and O–H groups in total. The highest BCUT2D eigenvalue weighted by Crippen LogP contribution is 2.49. The summed E-state index contributed by atoms with van der Waals surface area (Å²) in [5.74, 6) is 0. The number of fused-ring (bicyclic) bond motifs is 10. The van der Waals surface area contributed by atoms with E-state index in [0.717, 1.165) is 0 Å². The molecule has 0 bridgehead atoms. The van der Waals surface area contributed by atoms with Crippen molar-refractivity contribution in [3.8, 4) is 22.5 Å². The summed E-state index contributed by atoms with van der Waals surface area (Å²) in [5.41, 5.74) is 9.80. The van der Waals surface area contributed by atoms with Gasteiger partial charge in [-0.15, -0.1) is 11.3 Å². The standard InChI is InChI=1S/C42H26N2S/c1-3-14-27(15-4-1)43-35-23-10-7-18-29(35)30-21-13-22-31(41(30)43)34-26-38-40(33-20-9-12-25-37(33)45-38)42-39(34)32-19-8-11-24-36(32)44(42)28-16-5-2-6-17-28/h1-26H. The van der Waals surface area contributed by atoms with Crippen LogP contribution >= 0.6 is 11.3 Å². The van der Waals surface area contributed by atoms with Crippen molar-refractivity contribution in [2.45, 2.75) is 0 Å². The van der Waals surface area contributed by atoms with Crippen molar-refractivity contribution < 1.29 is 0 Å². The van der Waals surface area contributed by atoms with Crippen molar-refractivity contribution in [2.75, 3.05) is 0 Å². The maximum Gasteiger partial charge on any atom is 0.0640 e. The Kier molecular flexibility index (Phi) is 5.19. The van der Waals surface area contributed by atoms with Crippen LogP contribution in [0.5, 0.6) is 0 Å². The van der Waals surface area contributed by atoms with Crippen LogP contribution in [0.3, 0.4) is 0 Å². The fourth-order valence-corrected chi connectivity index (χ4v) is 8.65. The molecule has 0 aliphatic heterocycles. The Morgan fingerprint density at radius 1 is 0.356 bits per heavy atom. The second kappa shape index (κ2) is 9.43. The third kappa shape index (κ3) is 3.44. The van der Waals surface area contributed by atoms with E-state index in [1.54, 1.807) is 0 Å². The van der Waals surface area contributed by atoms with Crippen LogP contribution in [0.4, 0.5) is 0 Å². The minimum absolute atomic E-state index is 1.17. The molecule has 210 valence electrons. The van der Waals surface area contributed by atoms with Crippen LogP contribution in [0.25, 0.3) is 86.3 Å². The first-order chi connectivity index (χ1) is 22.4. The van der Waals surface area contributed by atoms with Crippen molar-refractivity contribution in [1.29, 1.82) is 0 Å². The lowest BCUT2D eigenvalue weighted by Gasteiger charge is -2.14. The Hall–Kier alpha value is -5.64. The number of benzene rings is 7. The molecule has 0 unspecified atom stereocenters. The highest BCUT2D eigenvalue weighted by Gasteiger charge is 2.24. The van der Waals surface area contributed by atoms with E-state index >= 15 is 0 Å². The van der Waals surface area contributed by atoms with Gasteiger partial charge >= 0.3 is 0 Å². The number of nitrogens with zero attached hydrogens (tertiary/aromatic N) is 2. The molecule has 0 atom stereocenters. The molecule has 0 aliphatic carbocycles. The Balaban J connectivity index is 1.47. The quantitative estimate of drug-likeness (QED) is 0.194. The minimum Gasteiger partial charge on any atom is -0.309 e. The van der Waals surface area contributed by atoms with Crippen molar-refractivity contribution in [2.24, 2.45) is 0 Å². The molecule has 0 fully saturated rings. The zero-order valence-electron chi connectivity index (χ0n) is 24.3. The SMILES string of the molecule is c1ccc(-n2c3ccccc3c3cccc(-c4cc5sc6ccccc6c5c5c4c4ccccc4n5-c4ccccc4)c32)cc1. The van der Waals surface area contributed by atoms with Crippen LogP contribution < -0.4 is 0 Å². The molecule has 0 radical (unpaired) electrons. The summed E-state index contributed by atoms with van der Waals surface area (Å²) in [6.07, 6.45) is 0. The van der Waals surface area contributed by atoms with Crippen LogP contribution in [-0.4, -0.2) is 9.13 Å². The monoisotopic (exact) mass is 590 g/mol. The maximum atomic E-state index is 2.49. The van der Waals surface area contributed by atoms with Crippen molar-refractivity contribution >= 4 is 75.1 Å². The second-order valence-electron chi connectivity index (χ2n) is 11.7. The van der Waals surface area contributed by atoms with Gasteiger partial charge in [-0.1, -0.05) is 109 Å². The first-order valence-electron chi connectivity index (χ1n) is 15.4. The summed E-state index contributed by atoms with van der Waals surface area (Å²) in [4.78, 5) is 0. The van der Waals surface area contributed by atoms with Gasteiger partial charge < -0.3 is 9.13 Å². The zero-order valence-corrected chi connectivity index (χ0v) is 25.1. The fourth-order valence-electron chi connectivity index (χ4n) is 7.50. The van der Waals surface area contributed by atoms with Crippen molar-refractivity contribution in [1.82, 2.24) is 9.13 Å². The van der Waals surface area contributed by atoms with Gasteiger partial charge in [0.25, 0.3) is 0 Å². The molecule has 0 saturated heterocycles. The molecule has 0 saturated carbocycles. The van der Waals surface area contributed by atoms with E-state index in [1.807, 2.05) is 11.3 Å². The van der Waals surface area contributed by atoms with Crippen LogP contribution in [-0.2, 0) is 0 Å². The van der Waals surface area contributed by atoms with Crippen LogP contribution in [0.15, 0.2) is 158 Å². The van der Waals surface area contributed by atoms with Crippen molar-refractivity contribution in [3.63, 3.8) is 0 Å². The average Bonchev–Trinajstić information content (AvgIpc) is 3.76. The molecular formula is C42H26N2S. The largest absolute Gasteiger partial charge is 0.309 e. The van der Waals surface area contributed by atoms with Gasteiger partial charge in [-0.05, 0) is 54.1 Å². The van der Waals surface area contributed by atoms with E-state index in [4.69, 9.17) is 0 Å². The zero-order chi connectivity index (χ0) is 29.5. The molecule has 2 nitrogen and oxygen atoms in total. The van der Waals surface area contributed by atoms with Gasteiger partial charge in [0.15, 0.2) is 0 Å². The topological polar surface area (TPSA) is 9.86 Å². The second-order valence-corrected chi connectivity index (χ2v) is 12.8. The molecule has 10 rings (SSSR count). The van der Waals surface area contributed by atoms with E-state index in [-0.39, 0.29) is 0 Å². The first kappa shape index (κ1) is 24.8. The van der Waals surface area contributed by atoms with Crippen LogP contribution in [0.1, 0.15) is 0 Å². The van der Waals surface area contributed by atoms with E-state index in [9.17, 15) is 0 Å². The molecule has 0 spiro atoms. The fraction of sp³-hybridized carbons (Fsp3) is 0. The molecule has 7 aromatic carbocycles. The number of para-hydroxylation sites is 5. The molecule has 3 aromatic heterocycles. The lowest BCUT2D eigenvalue weighted by atomic mass is 9.95. The lowest BCUT2D eigenvalue weighted by Crippen LogP contribution is -1.96. The lowest BCUT2D eigenvalue weighted by molar-refractivity contribution is 1.18. The molecule has 0 aliphatic rings. The van der Waals surface area contributed by atoms with Gasteiger partial charge in [0.05, 0.1) is 22.1 Å². The Labute approximate surface area is 263 Å². The number of thiophene rings is 1. The van der Waals surface area contributed by atoms with Gasteiger partial charge in [0, 0.05) is 58.7 Å². The molecule has 45 heavy (non-hydrogen) atoms. The third-order valence-electron chi connectivity index (χ3n) is 9.29. The van der Waals surface area contributed by atoms with Crippen molar-refractivity contribution in [3.05, 3.63) is 158 Å². The molecule has 10 aromatic rings. The highest BCUT2D eigenvalue weighted by molar-refractivity contribution is 7.26. The predicted octanol–water partition coefficient (Wildman–Crippen LogP) is 11.9. The highest BCUT2D eigenvalue weighted by atomic mass is 32.1. The Bertz CT molecular complexity index is 2740. The summed E-state index contributed by atoms with van der Waals surface area (Å²) in [6.45, 7) is 0. The van der Waals surface area contributed by atoms with E-state index in [1.165, 1.54) is 86.3 Å². The molecular weight excluding hydrogens is 565 g/mol. The number of rotatable bonds is 3. The van der Waals surface area contributed by atoms with Gasteiger partial charge in [-0.3, -0.25) is 0 Å². The molecule has 3 heterocycles. The van der Waals surface area contributed by atoms with E-state index in [2.05, 4.69) is 167 Å². The Morgan fingerprint density at radius 3 is 1.64 bits per heavy atom. The summed E-state index contributed by atoms with van der Waals surface area (Å²) < 4.78 is 7.56. The summed E-state index contributed by atoms with van der Waals surface area (Å²) in [7, 11) is 0. The summed E-state index contributed by atoms with van der Waals surface area (Å²) in [5, 5.41) is 7.73. The first-order valence-corrected chi connectivity index (χ1v) is 16.2. The van der Waals surface area contributed by atoms with Crippen LogP contribution in [0.2, 0.25) is 0 Å². The maximum absolute atomic E-state index is 2.49. The Morgan fingerprint density at radius 2 is 0.911 bits per heavy atom. The van der Waals surface area contributed by atoms with Gasteiger partial charge in [-0.25, -0.2) is 0 Å². The summed E-state index contributed by atoms with van der Waals surface area (Å²) >= 11 is 1.89. The summed E-state index contributed by atoms with van der Waals surface area (Å²) in [6, 6.07) is 57.5. The van der Waals surface area contributed by atoms with Gasteiger partial charge in [0.1, 0.15) is 0 Å². The van der Waals surface area contributed by atoms with Gasteiger partial charge in [-0.2, -0.15) is 0 Å². The molecule has 0 amide bonds.